The number of methoxy groups -OCH3 is 1. The monoisotopic (exact) mass is 411 g/mol. The largest absolute Gasteiger partial charge is 0.495 e. The predicted molar refractivity (Wildman–Crippen MR) is 117 cm³/mol. The number of carbonyl (C=O) groups is 1. The molecule has 152 valence electrons. The van der Waals surface area contributed by atoms with Crippen LogP contribution >= 0.6 is 11.3 Å². The molecule has 0 saturated carbocycles. The maximum absolute atomic E-state index is 12.2. The highest BCUT2D eigenvalue weighted by Gasteiger charge is 2.20. The molecule has 8 heteroatoms. The number of nitrogens with one attached hydrogen (secondary N) is 3. The number of benzene rings is 1. The van der Waals surface area contributed by atoms with Crippen molar-refractivity contribution in [2.24, 2.45) is 0 Å². The summed E-state index contributed by atoms with van der Waals surface area (Å²) in [6.07, 6.45) is 4.70. The van der Waals surface area contributed by atoms with Gasteiger partial charge in [0.1, 0.15) is 22.2 Å². The summed E-state index contributed by atoms with van der Waals surface area (Å²) in [5, 5.41) is 10.2. The van der Waals surface area contributed by atoms with Crippen molar-refractivity contribution in [2.45, 2.75) is 32.6 Å². The molecule has 0 fully saturated rings. The number of ether oxygens (including phenoxy) is 1. The minimum atomic E-state index is -0.270. The molecule has 1 aliphatic carbocycles. The standard InChI is InChI=1S/C21H25N5O2S/c1-13-24-19(18-14-7-3-6-10-17(14)29-20(18)25-13)22-11-12-23-21(27)26-15-8-4-5-9-16(15)28-2/h4-5,8-9H,3,6-7,10-12H2,1-2H3,(H,22,24,25)(H2,23,26,27). The van der Waals surface area contributed by atoms with Gasteiger partial charge in [-0.15, -0.1) is 11.3 Å². The van der Waals surface area contributed by atoms with Crippen LogP contribution in [0.1, 0.15) is 29.1 Å². The number of urea groups is 1. The molecule has 3 aromatic rings. The summed E-state index contributed by atoms with van der Waals surface area (Å²) in [5.41, 5.74) is 2.04. The second-order valence-electron chi connectivity index (χ2n) is 7.02. The van der Waals surface area contributed by atoms with Crippen molar-refractivity contribution in [1.29, 1.82) is 0 Å². The summed E-state index contributed by atoms with van der Waals surface area (Å²) in [7, 11) is 1.58. The number of thiophene rings is 1. The zero-order chi connectivity index (χ0) is 20.2. The summed E-state index contributed by atoms with van der Waals surface area (Å²) in [6.45, 7) is 2.97. The molecule has 1 aromatic carbocycles. The van der Waals surface area contributed by atoms with Crippen LogP contribution in [0, 0.1) is 6.92 Å². The van der Waals surface area contributed by atoms with E-state index < -0.39 is 0 Å². The Hall–Kier alpha value is -2.87. The molecule has 1 aliphatic rings. The van der Waals surface area contributed by atoms with Gasteiger partial charge in [0.2, 0.25) is 0 Å². The smallest absolute Gasteiger partial charge is 0.319 e. The molecule has 29 heavy (non-hydrogen) atoms. The number of rotatable bonds is 6. The highest BCUT2D eigenvalue weighted by atomic mass is 32.1. The van der Waals surface area contributed by atoms with Crippen LogP contribution in [0.4, 0.5) is 16.3 Å². The molecule has 0 bridgehead atoms. The van der Waals surface area contributed by atoms with E-state index in [0.29, 0.717) is 24.5 Å². The van der Waals surface area contributed by atoms with Gasteiger partial charge in [-0.3, -0.25) is 0 Å². The van der Waals surface area contributed by atoms with Crippen molar-refractivity contribution in [1.82, 2.24) is 15.3 Å². The number of amides is 2. The zero-order valence-electron chi connectivity index (χ0n) is 16.7. The lowest BCUT2D eigenvalue weighted by atomic mass is 9.97. The van der Waals surface area contributed by atoms with Gasteiger partial charge in [-0.2, -0.15) is 0 Å². The first-order chi connectivity index (χ1) is 14.2. The lowest BCUT2D eigenvalue weighted by Gasteiger charge is -2.14. The van der Waals surface area contributed by atoms with E-state index in [-0.39, 0.29) is 6.03 Å². The summed E-state index contributed by atoms with van der Waals surface area (Å²) >= 11 is 1.79. The van der Waals surface area contributed by atoms with Gasteiger partial charge in [0.25, 0.3) is 0 Å². The molecule has 0 spiro atoms. The number of nitrogens with zero attached hydrogens (tertiary/aromatic N) is 2. The SMILES string of the molecule is COc1ccccc1NC(=O)NCCNc1nc(C)nc2sc3c(c12)CCCC3. The van der Waals surface area contributed by atoms with Crippen molar-refractivity contribution in [3.8, 4) is 5.75 Å². The van der Waals surface area contributed by atoms with Crippen molar-refractivity contribution < 1.29 is 9.53 Å². The van der Waals surface area contributed by atoms with Crippen molar-refractivity contribution in [2.75, 3.05) is 30.8 Å². The summed E-state index contributed by atoms with van der Waals surface area (Å²) in [5.74, 6) is 2.26. The first-order valence-electron chi connectivity index (χ1n) is 9.86. The number of anilines is 2. The lowest BCUT2D eigenvalue weighted by Crippen LogP contribution is -2.32. The number of hydrogen-bond donors (Lipinski definition) is 3. The molecule has 4 rings (SSSR count). The van der Waals surface area contributed by atoms with Gasteiger partial charge in [0, 0.05) is 18.0 Å². The van der Waals surface area contributed by atoms with Gasteiger partial charge in [0.05, 0.1) is 18.2 Å². The van der Waals surface area contributed by atoms with Crippen LogP contribution in [0.3, 0.4) is 0 Å². The molecular formula is C21H25N5O2S. The summed E-state index contributed by atoms with van der Waals surface area (Å²) in [4.78, 5) is 24.0. The maximum Gasteiger partial charge on any atom is 0.319 e. The van der Waals surface area contributed by atoms with Crippen LogP contribution in [0.15, 0.2) is 24.3 Å². The fourth-order valence-electron chi connectivity index (χ4n) is 3.66. The van der Waals surface area contributed by atoms with Gasteiger partial charge in [-0.1, -0.05) is 12.1 Å². The highest BCUT2D eigenvalue weighted by Crippen LogP contribution is 2.38. The van der Waals surface area contributed by atoms with E-state index in [2.05, 4.69) is 25.9 Å². The Morgan fingerprint density at radius 2 is 2.00 bits per heavy atom. The van der Waals surface area contributed by atoms with Crippen molar-refractivity contribution in [3.05, 3.63) is 40.5 Å². The second-order valence-corrected chi connectivity index (χ2v) is 8.10. The lowest BCUT2D eigenvalue weighted by molar-refractivity contribution is 0.252. The predicted octanol–water partition coefficient (Wildman–Crippen LogP) is 4.12. The van der Waals surface area contributed by atoms with Gasteiger partial charge < -0.3 is 20.7 Å². The molecule has 3 N–H and O–H groups in total. The minimum absolute atomic E-state index is 0.270. The Balaban J connectivity index is 1.38. The van der Waals surface area contributed by atoms with Gasteiger partial charge in [-0.25, -0.2) is 14.8 Å². The van der Waals surface area contributed by atoms with Crippen LogP contribution < -0.4 is 20.7 Å². The fourth-order valence-corrected chi connectivity index (χ4v) is 4.97. The van der Waals surface area contributed by atoms with E-state index in [0.717, 1.165) is 34.7 Å². The quantitative estimate of drug-likeness (QED) is 0.531. The van der Waals surface area contributed by atoms with Gasteiger partial charge >= 0.3 is 6.03 Å². The molecule has 2 aromatic heterocycles. The molecule has 0 atom stereocenters. The fraction of sp³-hybridized carbons (Fsp3) is 0.381. The Morgan fingerprint density at radius 3 is 2.86 bits per heavy atom. The van der Waals surface area contributed by atoms with Gasteiger partial charge in [-0.05, 0) is 50.3 Å². The number of para-hydroxylation sites is 2. The zero-order valence-corrected chi connectivity index (χ0v) is 17.5. The number of fused-ring (bicyclic) bond motifs is 3. The van der Waals surface area contributed by atoms with Crippen LogP contribution in [-0.2, 0) is 12.8 Å². The van der Waals surface area contributed by atoms with Crippen LogP contribution in [0.5, 0.6) is 5.75 Å². The second kappa shape index (κ2) is 8.65. The molecule has 0 saturated heterocycles. The first-order valence-corrected chi connectivity index (χ1v) is 10.7. The summed E-state index contributed by atoms with van der Waals surface area (Å²) < 4.78 is 5.25. The average Bonchev–Trinajstić information content (AvgIpc) is 3.09. The van der Waals surface area contributed by atoms with E-state index >= 15 is 0 Å². The van der Waals surface area contributed by atoms with Crippen molar-refractivity contribution >= 4 is 39.1 Å². The first kappa shape index (κ1) is 19.4. The number of aryl methyl sites for hydroxylation is 3. The minimum Gasteiger partial charge on any atom is -0.495 e. The molecule has 0 radical (unpaired) electrons. The van der Waals surface area contributed by atoms with Crippen LogP contribution in [0.25, 0.3) is 10.2 Å². The third-order valence-electron chi connectivity index (χ3n) is 4.98. The van der Waals surface area contributed by atoms with E-state index in [4.69, 9.17) is 4.74 Å². The number of carbonyl (C=O) groups excluding carboxylic acids is 1. The molecule has 0 unspecified atom stereocenters. The Bertz CT molecular complexity index is 1030. The van der Waals surface area contributed by atoms with Crippen LogP contribution in [-0.4, -0.2) is 36.2 Å². The molecule has 2 heterocycles. The number of aromatic nitrogens is 2. The third kappa shape index (κ3) is 4.27. The molecule has 7 nitrogen and oxygen atoms in total. The maximum atomic E-state index is 12.2. The molecule has 2 amide bonds. The van der Waals surface area contributed by atoms with E-state index in [9.17, 15) is 4.79 Å². The van der Waals surface area contributed by atoms with E-state index in [1.165, 1.54) is 23.3 Å². The Labute approximate surface area is 173 Å². The van der Waals surface area contributed by atoms with Gasteiger partial charge in [0.15, 0.2) is 0 Å². The normalized spacial score (nSPS) is 13.0. The molecule has 0 aliphatic heterocycles. The Kier molecular flexibility index (Phi) is 5.80. The topological polar surface area (TPSA) is 88.2 Å². The van der Waals surface area contributed by atoms with E-state index in [1.807, 2.05) is 19.1 Å². The van der Waals surface area contributed by atoms with Crippen LogP contribution in [0.2, 0.25) is 0 Å². The highest BCUT2D eigenvalue weighted by molar-refractivity contribution is 7.19. The van der Waals surface area contributed by atoms with Crippen molar-refractivity contribution in [3.63, 3.8) is 0 Å². The number of hydrogen-bond acceptors (Lipinski definition) is 6. The molecular weight excluding hydrogens is 386 g/mol. The third-order valence-corrected chi connectivity index (χ3v) is 6.17. The Morgan fingerprint density at radius 1 is 1.17 bits per heavy atom. The average molecular weight is 412 g/mol. The summed E-state index contributed by atoms with van der Waals surface area (Å²) in [6, 6.07) is 7.05. The van der Waals surface area contributed by atoms with E-state index in [1.54, 1.807) is 30.6 Å².